The maximum absolute atomic E-state index is 5.50. The maximum atomic E-state index is 5.50. The van der Waals surface area contributed by atoms with Gasteiger partial charge in [-0.1, -0.05) is 28.7 Å². The van der Waals surface area contributed by atoms with Crippen molar-refractivity contribution in [2.24, 2.45) is 0 Å². The van der Waals surface area contributed by atoms with E-state index in [-0.39, 0.29) is 0 Å². The summed E-state index contributed by atoms with van der Waals surface area (Å²) in [4.78, 5) is 2.29. The molecule has 15 heavy (non-hydrogen) atoms. The minimum atomic E-state index is 0.333. The predicted octanol–water partition coefficient (Wildman–Crippen LogP) is 3.02. The summed E-state index contributed by atoms with van der Waals surface area (Å²) in [6, 6.07) is 6.48. The van der Waals surface area contributed by atoms with Gasteiger partial charge in [-0.25, -0.2) is 0 Å². The summed E-state index contributed by atoms with van der Waals surface area (Å²) in [7, 11) is 0. The molecule has 0 unspecified atom stereocenters. The van der Waals surface area contributed by atoms with Crippen LogP contribution in [0.3, 0.4) is 0 Å². The molecule has 0 radical (unpaired) electrons. The molecular weight excluding hydrogens is 305 g/mol. The van der Waals surface area contributed by atoms with Gasteiger partial charge < -0.3 is 14.4 Å². The van der Waals surface area contributed by atoms with E-state index in [1.165, 1.54) is 0 Å². The fourth-order valence-electron chi connectivity index (χ4n) is 1.62. The first-order valence-electron chi connectivity index (χ1n) is 4.95. The molecule has 0 spiro atoms. The number of nitrogens with zero attached hydrogens (tertiary/aromatic N) is 1. The number of anilines is 1. The van der Waals surface area contributed by atoms with Gasteiger partial charge in [0.05, 0.1) is 10.2 Å². The molecule has 3 nitrogen and oxygen atoms in total. The third kappa shape index (κ3) is 2.00. The number of benzene rings is 1. The average molecular weight is 319 g/mol. The van der Waals surface area contributed by atoms with Crippen LogP contribution in [0.15, 0.2) is 18.2 Å². The van der Waals surface area contributed by atoms with Crippen LogP contribution < -0.4 is 14.4 Å². The lowest BCUT2D eigenvalue weighted by Crippen LogP contribution is -2.29. The summed E-state index contributed by atoms with van der Waals surface area (Å²) < 4.78 is 11.8. The van der Waals surface area contributed by atoms with Gasteiger partial charge in [0, 0.05) is 6.04 Å². The summed E-state index contributed by atoms with van der Waals surface area (Å²) in [6.07, 6.45) is 0. The number of rotatable bonds is 3. The van der Waals surface area contributed by atoms with Gasteiger partial charge >= 0.3 is 0 Å². The lowest BCUT2D eigenvalue weighted by Gasteiger charge is -2.27. The summed E-state index contributed by atoms with van der Waals surface area (Å²) in [5.74, 6) is 1.73. The van der Waals surface area contributed by atoms with E-state index < -0.39 is 0 Å². The van der Waals surface area contributed by atoms with Gasteiger partial charge in [0.1, 0.15) is 0 Å². The molecule has 1 aromatic carbocycles. The van der Waals surface area contributed by atoms with Gasteiger partial charge in [0.15, 0.2) is 11.5 Å². The zero-order valence-corrected chi connectivity index (χ0v) is 11.0. The molecule has 1 aromatic rings. The van der Waals surface area contributed by atoms with Crippen LogP contribution in [-0.2, 0) is 0 Å². The van der Waals surface area contributed by atoms with Crippen molar-refractivity contribution in [3.8, 4) is 11.5 Å². The Hall–Kier alpha value is -0.650. The Labute approximate surface area is 103 Å². The van der Waals surface area contributed by atoms with E-state index in [0.717, 1.165) is 21.7 Å². The standard InChI is InChI=1S/C11H14INO2/c1-8(2)13(6-12)9-4-3-5-10-11(9)15-7-14-10/h3-5,8H,6-7H2,1-2H3. The number of ether oxygens (including phenoxy) is 2. The van der Waals surface area contributed by atoms with Gasteiger partial charge in [-0.3, -0.25) is 0 Å². The first kappa shape index (κ1) is 10.9. The summed E-state index contributed by atoms with van der Waals surface area (Å²) in [5, 5.41) is 0. The quantitative estimate of drug-likeness (QED) is 0.486. The van der Waals surface area contributed by atoms with Crippen molar-refractivity contribution < 1.29 is 9.47 Å². The van der Waals surface area contributed by atoms with E-state index in [0.29, 0.717) is 12.8 Å². The molecule has 1 aliphatic rings. The van der Waals surface area contributed by atoms with Crippen molar-refractivity contribution in [2.75, 3.05) is 16.2 Å². The maximum Gasteiger partial charge on any atom is 0.231 e. The van der Waals surface area contributed by atoms with Crippen molar-refractivity contribution in [2.45, 2.75) is 19.9 Å². The number of alkyl halides is 1. The van der Waals surface area contributed by atoms with Crippen LogP contribution in [0.2, 0.25) is 0 Å². The van der Waals surface area contributed by atoms with Gasteiger partial charge in [-0.05, 0) is 26.0 Å². The molecule has 0 fully saturated rings. The van der Waals surface area contributed by atoms with Crippen LogP contribution in [0.1, 0.15) is 13.8 Å². The second-order valence-electron chi connectivity index (χ2n) is 3.69. The molecular formula is C11H14INO2. The highest BCUT2D eigenvalue weighted by molar-refractivity contribution is 14.1. The minimum absolute atomic E-state index is 0.333. The highest BCUT2D eigenvalue weighted by Gasteiger charge is 2.21. The van der Waals surface area contributed by atoms with E-state index in [1.807, 2.05) is 12.1 Å². The number of halogens is 1. The first-order chi connectivity index (χ1) is 7.24. The minimum Gasteiger partial charge on any atom is -0.454 e. The van der Waals surface area contributed by atoms with Crippen molar-refractivity contribution in [3.05, 3.63) is 18.2 Å². The van der Waals surface area contributed by atoms with Crippen LogP contribution in [0, 0.1) is 0 Å². The normalized spacial score (nSPS) is 13.3. The molecule has 0 aromatic heterocycles. The SMILES string of the molecule is CC(C)N(CI)c1cccc2c1OCO2. The summed E-state index contributed by atoms with van der Waals surface area (Å²) in [6.45, 7) is 4.68. The molecule has 0 bridgehead atoms. The Balaban J connectivity index is 2.39. The molecule has 0 aliphatic carbocycles. The Bertz CT molecular complexity index is 354. The van der Waals surface area contributed by atoms with Crippen LogP contribution in [0.4, 0.5) is 5.69 Å². The monoisotopic (exact) mass is 319 g/mol. The van der Waals surface area contributed by atoms with Crippen molar-refractivity contribution >= 4 is 28.3 Å². The van der Waals surface area contributed by atoms with Gasteiger partial charge in [-0.2, -0.15) is 0 Å². The Morgan fingerprint density at radius 2 is 2.20 bits per heavy atom. The van der Waals surface area contributed by atoms with Gasteiger partial charge in [-0.15, -0.1) is 0 Å². The van der Waals surface area contributed by atoms with Crippen LogP contribution in [0.25, 0.3) is 0 Å². The molecule has 1 aliphatic heterocycles. The molecule has 0 N–H and O–H groups in total. The number of hydrogen-bond acceptors (Lipinski definition) is 3. The van der Waals surface area contributed by atoms with Crippen LogP contribution in [-0.4, -0.2) is 17.4 Å². The van der Waals surface area contributed by atoms with E-state index in [1.54, 1.807) is 0 Å². The molecule has 2 rings (SSSR count). The van der Waals surface area contributed by atoms with Crippen molar-refractivity contribution in [1.82, 2.24) is 0 Å². The molecule has 0 saturated heterocycles. The lowest BCUT2D eigenvalue weighted by molar-refractivity contribution is 0.174. The molecule has 0 saturated carbocycles. The fraction of sp³-hybridized carbons (Fsp3) is 0.455. The summed E-state index contributed by atoms with van der Waals surface area (Å²) >= 11 is 2.36. The average Bonchev–Trinajstić information content (AvgIpc) is 2.66. The van der Waals surface area contributed by atoms with Gasteiger partial charge in [0.25, 0.3) is 0 Å². The van der Waals surface area contributed by atoms with E-state index in [9.17, 15) is 0 Å². The topological polar surface area (TPSA) is 21.7 Å². The Kier molecular flexibility index (Phi) is 3.23. The zero-order valence-electron chi connectivity index (χ0n) is 8.87. The smallest absolute Gasteiger partial charge is 0.231 e. The van der Waals surface area contributed by atoms with Crippen molar-refractivity contribution in [1.29, 1.82) is 0 Å². The highest BCUT2D eigenvalue weighted by Crippen LogP contribution is 2.41. The zero-order chi connectivity index (χ0) is 10.8. The number of fused-ring (bicyclic) bond motifs is 1. The molecule has 0 amide bonds. The third-order valence-corrected chi connectivity index (χ3v) is 3.17. The first-order valence-corrected chi connectivity index (χ1v) is 6.48. The Morgan fingerprint density at radius 1 is 1.40 bits per heavy atom. The molecule has 4 heteroatoms. The van der Waals surface area contributed by atoms with E-state index >= 15 is 0 Å². The number of hydrogen-bond donors (Lipinski definition) is 0. The van der Waals surface area contributed by atoms with E-state index in [2.05, 4.69) is 47.4 Å². The molecule has 82 valence electrons. The fourth-order valence-corrected chi connectivity index (χ4v) is 2.78. The van der Waals surface area contributed by atoms with Crippen LogP contribution in [0.5, 0.6) is 11.5 Å². The molecule has 1 heterocycles. The van der Waals surface area contributed by atoms with Crippen LogP contribution >= 0.6 is 22.6 Å². The van der Waals surface area contributed by atoms with E-state index in [4.69, 9.17) is 9.47 Å². The summed E-state index contributed by atoms with van der Waals surface area (Å²) in [5.41, 5.74) is 1.12. The highest BCUT2D eigenvalue weighted by atomic mass is 127. The predicted molar refractivity (Wildman–Crippen MR) is 69.1 cm³/mol. The Morgan fingerprint density at radius 3 is 2.87 bits per heavy atom. The molecule has 0 atom stereocenters. The second kappa shape index (κ2) is 4.47. The second-order valence-corrected chi connectivity index (χ2v) is 4.38. The van der Waals surface area contributed by atoms with Gasteiger partial charge in [0.2, 0.25) is 6.79 Å². The van der Waals surface area contributed by atoms with Crippen molar-refractivity contribution in [3.63, 3.8) is 0 Å². The lowest BCUT2D eigenvalue weighted by atomic mass is 10.2. The third-order valence-electron chi connectivity index (χ3n) is 2.44. The number of para-hydroxylation sites is 1. The largest absolute Gasteiger partial charge is 0.454 e.